The second-order valence-electron chi connectivity index (χ2n) is 4.69. The Balaban J connectivity index is 1.84. The number of amides is 1. The van der Waals surface area contributed by atoms with Crippen LogP contribution in [-0.2, 0) is 11.5 Å². The number of halogens is 2. The van der Waals surface area contributed by atoms with Gasteiger partial charge in [-0.05, 0) is 24.6 Å². The van der Waals surface area contributed by atoms with Crippen LogP contribution in [0.15, 0.2) is 30.5 Å². The highest BCUT2D eigenvalue weighted by Crippen LogP contribution is 2.21. The van der Waals surface area contributed by atoms with Gasteiger partial charge in [0.25, 0.3) is 5.91 Å². The fourth-order valence-corrected chi connectivity index (χ4v) is 1.94. The van der Waals surface area contributed by atoms with Crippen LogP contribution < -0.4 is 10.1 Å². The molecule has 2 aromatic rings. The highest BCUT2D eigenvalue weighted by Gasteiger charge is 2.09. The standard InChI is InChI=1S/C15H17ClFN3O3/c1-22-8-2-6-18-15(21)14-5-7-20(19-14)10-23-11-3-4-13(17)12(16)9-11/h3-5,7,9H,2,6,8,10H2,1H3,(H,18,21). The Morgan fingerprint density at radius 2 is 2.26 bits per heavy atom. The van der Waals surface area contributed by atoms with Gasteiger partial charge in [-0.25, -0.2) is 9.07 Å². The molecule has 8 heteroatoms. The van der Waals surface area contributed by atoms with E-state index in [0.29, 0.717) is 24.6 Å². The van der Waals surface area contributed by atoms with Crippen LogP contribution in [0.2, 0.25) is 5.02 Å². The van der Waals surface area contributed by atoms with Crippen molar-refractivity contribution < 1.29 is 18.7 Å². The Hall–Kier alpha value is -2.12. The molecule has 0 saturated carbocycles. The highest BCUT2D eigenvalue weighted by molar-refractivity contribution is 6.30. The van der Waals surface area contributed by atoms with E-state index in [1.54, 1.807) is 19.4 Å². The van der Waals surface area contributed by atoms with Gasteiger partial charge in [0.15, 0.2) is 6.73 Å². The number of methoxy groups -OCH3 is 1. The third-order valence-electron chi connectivity index (χ3n) is 2.94. The number of nitrogens with one attached hydrogen (secondary N) is 1. The van der Waals surface area contributed by atoms with E-state index in [9.17, 15) is 9.18 Å². The summed E-state index contributed by atoms with van der Waals surface area (Å²) < 4.78 is 24.8. The van der Waals surface area contributed by atoms with Crippen LogP contribution in [0.1, 0.15) is 16.9 Å². The van der Waals surface area contributed by atoms with E-state index in [4.69, 9.17) is 21.1 Å². The minimum atomic E-state index is -0.509. The molecule has 1 aromatic heterocycles. The van der Waals surface area contributed by atoms with Crippen molar-refractivity contribution in [1.29, 1.82) is 0 Å². The first kappa shape index (κ1) is 17.2. The molecule has 0 radical (unpaired) electrons. The van der Waals surface area contributed by atoms with Gasteiger partial charge in [0.1, 0.15) is 17.3 Å². The lowest BCUT2D eigenvalue weighted by molar-refractivity contribution is 0.0941. The Morgan fingerprint density at radius 3 is 3.00 bits per heavy atom. The number of carbonyl (C=O) groups is 1. The van der Waals surface area contributed by atoms with Crippen LogP contribution in [0, 0.1) is 5.82 Å². The highest BCUT2D eigenvalue weighted by atomic mass is 35.5. The van der Waals surface area contributed by atoms with Gasteiger partial charge in [-0.3, -0.25) is 4.79 Å². The van der Waals surface area contributed by atoms with Gasteiger partial charge in [-0.1, -0.05) is 11.6 Å². The van der Waals surface area contributed by atoms with Crippen LogP contribution >= 0.6 is 11.6 Å². The van der Waals surface area contributed by atoms with Crippen molar-refractivity contribution in [3.8, 4) is 5.75 Å². The average Bonchev–Trinajstić information content (AvgIpc) is 3.01. The molecule has 0 spiro atoms. The predicted molar refractivity (Wildman–Crippen MR) is 83.1 cm³/mol. The summed E-state index contributed by atoms with van der Waals surface area (Å²) in [6.07, 6.45) is 2.35. The molecule has 124 valence electrons. The monoisotopic (exact) mass is 341 g/mol. The van der Waals surface area contributed by atoms with Crippen LogP contribution in [0.25, 0.3) is 0 Å². The van der Waals surface area contributed by atoms with Crippen molar-refractivity contribution in [2.24, 2.45) is 0 Å². The Kier molecular flexibility index (Phi) is 6.37. The Bertz CT molecular complexity index is 663. The number of aromatic nitrogens is 2. The van der Waals surface area contributed by atoms with Gasteiger partial charge in [-0.2, -0.15) is 5.10 Å². The molecule has 0 saturated heterocycles. The van der Waals surface area contributed by atoms with Crippen LogP contribution in [0.4, 0.5) is 4.39 Å². The van der Waals surface area contributed by atoms with Crippen molar-refractivity contribution in [2.45, 2.75) is 13.2 Å². The first-order valence-electron chi connectivity index (χ1n) is 6.98. The van der Waals surface area contributed by atoms with Crippen molar-refractivity contribution in [3.63, 3.8) is 0 Å². The minimum Gasteiger partial charge on any atom is -0.471 e. The maximum Gasteiger partial charge on any atom is 0.271 e. The maximum absolute atomic E-state index is 13.0. The molecule has 0 aliphatic heterocycles. The number of carbonyl (C=O) groups excluding carboxylic acids is 1. The Morgan fingerprint density at radius 1 is 1.43 bits per heavy atom. The molecule has 1 amide bonds. The number of hydrogen-bond donors (Lipinski definition) is 1. The fraction of sp³-hybridized carbons (Fsp3) is 0.333. The van der Waals surface area contributed by atoms with Gasteiger partial charge >= 0.3 is 0 Å². The molecule has 0 atom stereocenters. The zero-order chi connectivity index (χ0) is 16.7. The van der Waals surface area contributed by atoms with E-state index in [1.165, 1.54) is 22.9 Å². The van der Waals surface area contributed by atoms with Gasteiger partial charge < -0.3 is 14.8 Å². The summed E-state index contributed by atoms with van der Waals surface area (Å²) in [5, 5.41) is 6.83. The summed E-state index contributed by atoms with van der Waals surface area (Å²) in [4.78, 5) is 11.8. The predicted octanol–water partition coefficient (Wildman–Crippen LogP) is 2.48. The number of benzene rings is 1. The van der Waals surface area contributed by atoms with Crippen molar-refractivity contribution >= 4 is 17.5 Å². The van der Waals surface area contributed by atoms with Gasteiger partial charge in [0, 0.05) is 32.5 Å². The van der Waals surface area contributed by atoms with Crippen molar-refractivity contribution in [1.82, 2.24) is 15.1 Å². The summed E-state index contributed by atoms with van der Waals surface area (Å²) in [5.74, 6) is -0.354. The summed E-state index contributed by atoms with van der Waals surface area (Å²) in [6.45, 7) is 1.19. The molecule has 0 unspecified atom stereocenters. The molecular formula is C15H17ClFN3O3. The number of nitrogens with zero attached hydrogens (tertiary/aromatic N) is 2. The molecule has 1 aromatic carbocycles. The fourth-order valence-electron chi connectivity index (χ4n) is 1.77. The van der Waals surface area contributed by atoms with Crippen LogP contribution in [-0.4, -0.2) is 35.9 Å². The van der Waals surface area contributed by atoms with E-state index < -0.39 is 5.82 Å². The second-order valence-corrected chi connectivity index (χ2v) is 5.10. The Labute approximate surface area is 138 Å². The number of rotatable bonds is 8. The molecule has 1 heterocycles. The molecule has 1 N–H and O–H groups in total. The molecule has 2 rings (SSSR count). The molecular weight excluding hydrogens is 325 g/mol. The molecule has 0 bridgehead atoms. The van der Waals surface area contributed by atoms with Crippen LogP contribution in [0.3, 0.4) is 0 Å². The van der Waals surface area contributed by atoms with Crippen molar-refractivity contribution in [3.05, 3.63) is 47.0 Å². The van der Waals surface area contributed by atoms with E-state index in [-0.39, 0.29) is 17.7 Å². The quantitative estimate of drug-likeness (QED) is 0.749. The smallest absolute Gasteiger partial charge is 0.271 e. The van der Waals surface area contributed by atoms with E-state index in [0.717, 1.165) is 6.42 Å². The van der Waals surface area contributed by atoms with Gasteiger partial charge in [0.05, 0.1) is 5.02 Å². The van der Waals surface area contributed by atoms with Crippen molar-refractivity contribution in [2.75, 3.05) is 20.3 Å². The summed E-state index contributed by atoms with van der Waals surface area (Å²) in [7, 11) is 1.61. The summed E-state index contributed by atoms with van der Waals surface area (Å²) in [5.41, 5.74) is 0.295. The normalized spacial score (nSPS) is 10.6. The number of ether oxygens (including phenoxy) is 2. The van der Waals surface area contributed by atoms with E-state index in [2.05, 4.69) is 10.4 Å². The largest absolute Gasteiger partial charge is 0.471 e. The first-order valence-corrected chi connectivity index (χ1v) is 7.36. The molecule has 6 nitrogen and oxygen atoms in total. The van der Waals surface area contributed by atoms with Crippen LogP contribution in [0.5, 0.6) is 5.75 Å². The molecule has 0 aliphatic rings. The number of hydrogen-bond acceptors (Lipinski definition) is 4. The third kappa shape index (κ3) is 5.22. The van der Waals surface area contributed by atoms with E-state index in [1.807, 2.05) is 0 Å². The third-order valence-corrected chi connectivity index (χ3v) is 3.23. The lowest BCUT2D eigenvalue weighted by Gasteiger charge is -2.07. The zero-order valence-corrected chi connectivity index (χ0v) is 13.3. The lowest BCUT2D eigenvalue weighted by Crippen LogP contribution is -2.25. The summed E-state index contributed by atoms with van der Waals surface area (Å²) in [6, 6.07) is 5.66. The maximum atomic E-state index is 13.0. The molecule has 0 aliphatic carbocycles. The minimum absolute atomic E-state index is 0.0147. The topological polar surface area (TPSA) is 65.4 Å². The second kappa shape index (κ2) is 8.50. The van der Waals surface area contributed by atoms with Gasteiger partial charge in [0.2, 0.25) is 0 Å². The SMILES string of the molecule is COCCCNC(=O)c1ccn(COc2ccc(F)c(Cl)c2)n1. The molecule has 23 heavy (non-hydrogen) atoms. The summed E-state index contributed by atoms with van der Waals surface area (Å²) >= 11 is 5.67. The average molecular weight is 342 g/mol. The van der Waals surface area contributed by atoms with Gasteiger partial charge in [-0.15, -0.1) is 0 Å². The first-order chi connectivity index (χ1) is 11.1. The lowest BCUT2D eigenvalue weighted by atomic mass is 10.3. The van der Waals surface area contributed by atoms with E-state index >= 15 is 0 Å². The molecule has 0 fully saturated rings. The zero-order valence-electron chi connectivity index (χ0n) is 12.6.